The van der Waals surface area contributed by atoms with Crippen LogP contribution in [-0.2, 0) is 25.7 Å². The molecule has 168 valence electrons. The summed E-state index contributed by atoms with van der Waals surface area (Å²) >= 11 is 0. The number of amides is 2. The summed E-state index contributed by atoms with van der Waals surface area (Å²) in [5, 5.41) is 1.95. The average Bonchev–Trinajstić information content (AvgIpc) is 2.96. The van der Waals surface area contributed by atoms with Crippen molar-refractivity contribution in [2.75, 3.05) is 7.11 Å². The van der Waals surface area contributed by atoms with Crippen LogP contribution in [0.25, 0.3) is 0 Å². The van der Waals surface area contributed by atoms with Gasteiger partial charge in [-0.2, -0.15) is 13.2 Å². The Labute approximate surface area is 178 Å². The molecule has 1 aromatic rings. The number of ether oxygens (including phenoxy) is 1. The third-order valence-electron chi connectivity index (χ3n) is 5.99. The first kappa shape index (κ1) is 22.8. The highest BCUT2D eigenvalue weighted by molar-refractivity contribution is 6.10. The van der Waals surface area contributed by atoms with Gasteiger partial charge in [0.25, 0.3) is 5.91 Å². The molecule has 1 atom stereocenters. The Hall–Kier alpha value is -2.84. The zero-order valence-corrected chi connectivity index (χ0v) is 17.4. The summed E-state index contributed by atoms with van der Waals surface area (Å²) in [5.41, 5.74) is -3.99. The van der Waals surface area contributed by atoms with Crippen molar-refractivity contribution in [1.82, 2.24) is 10.2 Å². The minimum atomic E-state index is -5.25. The summed E-state index contributed by atoms with van der Waals surface area (Å²) < 4.78 is 48.2. The number of rotatable bonds is 5. The highest BCUT2D eigenvalue weighted by Gasteiger charge is 2.71. The second-order valence-electron chi connectivity index (χ2n) is 7.90. The molecule has 1 fully saturated rings. The molecule has 0 radical (unpaired) electrons. The van der Waals surface area contributed by atoms with Crippen molar-refractivity contribution in [3.05, 3.63) is 47.2 Å². The molecule has 1 N–H and O–H groups in total. The standard InChI is InChI=1S/C22H25F3N2O4/c1-14-17(19(29)31-2)21(22(23,24)25,26-18(28)16-11-7-4-8-12-16)20(30)27(14)13-15-9-5-3-6-10-15/h3,5-6,9-10,16H,4,7-8,11-13H2,1-2H3,(H,26,28)/t21-/m1/s1. The molecule has 1 aliphatic heterocycles. The Balaban J connectivity index is 2.07. The molecule has 1 heterocycles. The minimum absolute atomic E-state index is 0.177. The topological polar surface area (TPSA) is 75.7 Å². The average molecular weight is 438 g/mol. The van der Waals surface area contributed by atoms with Crippen LogP contribution in [0.3, 0.4) is 0 Å². The van der Waals surface area contributed by atoms with Crippen LogP contribution in [0.5, 0.6) is 0 Å². The van der Waals surface area contributed by atoms with Crippen LogP contribution >= 0.6 is 0 Å². The zero-order chi connectivity index (χ0) is 22.8. The van der Waals surface area contributed by atoms with Crippen LogP contribution < -0.4 is 5.32 Å². The Morgan fingerprint density at radius 3 is 2.32 bits per heavy atom. The first-order valence-corrected chi connectivity index (χ1v) is 10.2. The minimum Gasteiger partial charge on any atom is -0.466 e. The SMILES string of the molecule is COC(=O)C1=C(C)N(Cc2ccccc2)C(=O)[C@@]1(NC(=O)C1CCCCC1)C(F)(F)F. The van der Waals surface area contributed by atoms with Gasteiger partial charge in [-0.25, -0.2) is 4.79 Å². The molecule has 2 aliphatic rings. The van der Waals surface area contributed by atoms with E-state index in [0.717, 1.165) is 31.3 Å². The van der Waals surface area contributed by atoms with Crippen molar-refractivity contribution in [2.45, 2.75) is 57.3 Å². The second-order valence-corrected chi connectivity index (χ2v) is 7.90. The molecule has 0 aromatic heterocycles. The van der Waals surface area contributed by atoms with E-state index in [9.17, 15) is 27.6 Å². The van der Waals surface area contributed by atoms with E-state index in [0.29, 0.717) is 18.4 Å². The van der Waals surface area contributed by atoms with Crippen molar-refractivity contribution in [1.29, 1.82) is 0 Å². The highest BCUT2D eigenvalue weighted by atomic mass is 19.4. The summed E-state index contributed by atoms with van der Waals surface area (Å²) in [7, 11) is 0.942. The van der Waals surface area contributed by atoms with Crippen LogP contribution in [0.2, 0.25) is 0 Å². The molecule has 0 spiro atoms. The van der Waals surface area contributed by atoms with Gasteiger partial charge < -0.3 is 15.0 Å². The lowest BCUT2D eigenvalue weighted by Gasteiger charge is -2.34. The summed E-state index contributed by atoms with van der Waals surface area (Å²) in [6.45, 7) is 1.08. The van der Waals surface area contributed by atoms with Crippen LogP contribution in [-0.4, -0.2) is 41.5 Å². The van der Waals surface area contributed by atoms with Crippen LogP contribution in [0, 0.1) is 5.92 Å². The molecule has 31 heavy (non-hydrogen) atoms. The molecular weight excluding hydrogens is 413 g/mol. The van der Waals surface area contributed by atoms with Gasteiger partial charge in [-0.15, -0.1) is 0 Å². The summed E-state index contributed by atoms with van der Waals surface area (Å²) in [6.07, 6.45) is -2.00. The molecule has 2 amide bonds. The van der Waals surface area contributed by atoms with E-state index < -0.39 is 41.0 Å². The largest absolute Gasteiger partial charge is 0.466 e. The predicted molar refractivity (Wildman–Crippen MR) is 105 cm³/mol. The number of nitrogens with zero attached hydrogens (tertiary/aromatic N) is 1. The molecule has 6 nitrogen and oxygen atoms in total. The summed E-state index contributed by atoms with van der Waals surface area (Å²) in [6, 6.07) is 8.44. The van der Waals surface area contributed by atoms with E-state index in [4.69, 9.17) is 0 Å². The smallest absolute Gasteiger partial charge is 0.425 e. The van der Waals surface area contributed by atoms with Gasteiger partial charge in [-0.05, 0) is 25.3 Å². The summed E-state index contributed by atoms with van der Waals surface area (Å²) in [4.78, 5) is 39.5. The van der Waals surface area contributed by atoms with Gasteiger partial charge in [-0.3, -0.25) is 9.59 Å². The molecule has 1 aliphatic carbocycles. The van der Waals surface area contributed by atoms with Crippen molar-refractivity contribution in [2.24, 2.45) is 5.92 Å². The monoisotopic (exact) mass is 438 g/mol. The maximum atomic E-state index is 14.5. The van der Waals surface area contributed by atoms with E-state index in [1.54, 1.807) is 30.3 Å². The van der Waals surface area contributed by atoms with Crippen LogP contribution in [0.4, 0.5) is 13.2 Å². The Morgan fingerprint density at radius 2 is 1.77 bits per heavy atom. The number of carbonyl (C=O) groups is 3. The number of methoxy groups -OCH3 is 1. The fraction of sp³-hybridized carbons (Fsp3) is 0.500. The summed E-state index contributed by atoms with van der Waals surface area (Å²) in [5.74, 6) is -4.22. The third-order valence-corrected chi connectivity index (χ3v) is 5.99. The molecular formula is C22H25F3N2O4. The van der Waals surface area contributed by atoms with Crippen LogP contribution in [0.1, 0.15) is 44.6 Å². The van der Waals surface area contributed by atoms with Gasteiger partial charge >= 0.3 is 12.1 Å². The van der Waals surface area contributed by atoms with Crippen molar-refractivity contribution >= 4 is 17.8 Å². The molecule has 0 bridgehead atoms. The number of alkyl halides is 3. The van der Waals surface area contributed by atoms with Gasteiger partial charge in [0.05, 0.1) is 13.7 Å². The molecule has 9 heteroatoms. The van der Waals surface area contributed by atoms with Crippen LogP contribution in [0.15, 0.2) is 41.6 Å². The van der Waals surface area contributed by atoms with E-state index in [-0.39, 0.29) is 12.2 Å². The first-order chi connectivity index (χ1) is 14.6. The predicted octanol–water partition coefficient (Wildman–Crippen LogP) is 3.47. The Kier molecular flexibility index (Phi) is 6.43. The lowest BCUT2D eigenvalue weighted by molar-refractivity contribution is -0.196. The number of hydrogen-bond acceptors (Lipinski definition) is 4. The lowest BCUT2D eigenvalue weighted by atomic mass is 9.85. The second kappa shape index (κ2) is 8.72. The van der Waals surface area contributed by atoms with Gasteiger partial charge in [0.2, 0.25) is 11.4 Å². The number of halogens is 3. The fourth-order valence-corrected chi connectivity index (χ4v) is 4.33. The Morgan fingerprint density at radius 1 is 1.16 bits per heavy atom. The van der Waals surface area contributed by atoms with Crippen molar-refractivity contribution in [3.8, 4) is 0 Å². The molecule has 0 unspecified atom stereocenters. The molecule has 0 saturated heterocycles. The fourth-order valence-electron chi connectivity index (χ4n) is 4.33. The Bertz CT molecular complexity index is 892. The number of benzene rings is 1. The van der Waals surface area contributed by atoms with E-state index in [2.05, 4.69) is 4.74 Å². The number of nitrogens with one attached hydrogen (secondary N) is 1. The number of carbonyl (C=O) groups excluding carboxylic acids is 3. The molecule has 1 aromatic carbocycles. The lowest BCUT2D eigenvalue weighted by Crippen LogP contribution is -2.67. The zero-order valence-electron chi connectivity index (χ0n) is 17.4. The van der Waals surface area contributed by atoms with Gasteiger partial charge in [-0.1, -0.05) is 49.6 Å². The molecule has 3 rings (SSSR count). The maximum Gasteiger partial charge on any atom is 0.425 e. The quantitative estimate of drug-likeness (QED) is 0.715. The molecule has 1 saturated carbocycles. The van der Waals surface area contributed by atoms with Gasteiger partial charge in [0, 0.05) is 11.6 Å². The van der Waals surface area contributed by atoms with E-state index >= 15 is 0 Å². The van der Waals surface area contributed by atoms with E-state index in [1.165, 1.54) is 6.92 Å². The third kappa shape index (κ3) is 4.05. The van der Waals surface area contributed by atoms with Gasteiger partial charge in [0.15, 0.2) is 0 Å². The first-order valence-electron chi connectivity index (χ1n) is 10.2. The number of hydrogen-bond donors (Lipinski definition) is 1. The maximum absolute atomic E-state index is 14.5. The van der Waals surface area contributed by atoms with Crippen molar-refractivity contribution in [3.63, 3.8) is 0 Å². The number of esters is 1. The van der Waals surface area contributed by atoms with Gasteiger partial charge in [0.1, 0.15) is 5.57 Å². The normalized spacial score (nSPS) is 22.6. The highest BCUT2D eigenvalue weighted by Crippen LogP contribution is 2.46. The number of allylic oxidation sites excluding steroid dienone is 1. The van der Waals surface area contributed by atoms with E-state index in [1.807, 2.05) is 5.32 Å². The van der Waals surface area contributed by atoms with Crippen molar-refractivity contribution < 1.29 is 32.3 Å².